The predicted molar refractivity (Wildman–Crippen MR) is 99.1 cm³/mol. The molecule has 0 aromatic heterocycles. The Kier molecular flexibility index (Phi) is 5.16. The van der Waals surface area contributed by atoms with Crippen LogP contribution in [0.25, 0.3) is 0 Å². The van der Waals surface area contributed by atoms with Gasteiger partial charge in [-0.15, -0.1) is 0 Å². The molecule has 1 aliphatic heterocycles. The summed E-state index contributed by atoms with van der Waals surface area (Å²) >= 11 is 0. The van der Waals surface area contributed by atoms with E-state index in [1.54, 1.807) is 48.5 Å². The van der Waals surface area contributed by atoms with E-state index in [-0.39, 0.29) is 30.8 Å². The first kappa shape index (κ1) is 18.1. The van der Waals surface area contributed by atoms with E-state index in [4.69, 9.17) is 0 Å². The molecule has 8 nitrogen and oxygen atoms in total. The van der Waals surface area contributed by atoms with Gasteiger partial charge in [0.25, 0.3) is 5.91 Å². The quantitative estimate of drug-likeness (QED) is 0.703. The summed E-state index contributed by atoms with van der Waals surface area (Å²) in [7, 11) is 0. The summed E-state index contributed by atoms with van der Waals surface area (Å²) in [6, 6.07) is 13.1. The fourth-order valence-corrected chi connectivity index (χ4v) is 2.64. The summed E-state index contributed by atoms with van der Waals surface area (Å²) in [5.41, 5.74) is 2.31. The number of benzene rings is 2. The molecule has 0 unspecified atom stereocenters. The van der Waals surface area contributed by atoms with Gasteiger partial charge in [0, 0.05) is 23.9 Å². The van der Waals surface area contributed by atoms with Crippen LogP contribution in [0.1, 0.15) is 22.8 Å². The Morgan fingerprint density at radius 1 is 1.04 bits per heavy atom. The molecule has 3 N–H and O–H groups in total. The summed E-state index contributed by atoms with van der Waals surface area (Å²) in [6.07, 6.45) is 0. The van der Waals surface area contributed by atoms with Crippen molar-refractivity contribution in [1.82, 2.24) is 10.2 Å². The lowest BCUT2D eigenvalue weighted by atomic mass is 10.1. The third-order valence-electron chi connectivity index (χ3n) is 3.93. The minimum absolute atomic E-state index is 0.0108. The van der Waals surface area contributed by atoms with Crippen LogP contribution in [0.3, 0.4) is 0 Å². The molecule has 0 spiro atoms. The molecule has 0 aliphatic carbocycles. The number of hydrogen-bond donors (Lipinski definition) is 3. The number of urea groups is 1. The Hall–Kier alpha value is -3.68. The van der Waals surface area contributed by atoms with Crippen LogP contribution in [0.2, 0.25) is 0 Å². The molecule has 138 valence electrons. The number of rotatable bonds is 5. The lowest BCUT2D eigenvalue weighted by Crippen LogP contribution is -2.30. The smallest absolute Gasteiger partial charge is 0.324 e. The van der Waals surface area contributed by atoms with Gasteiger partial charge in [-0.3, -0.25) is 19.3 Å². The molecule has 0 bridgehead atoms. The highest BCUT2D eigenvalue weighted by Crippen LogP contribution is 2.17. The van der Waals surface area contributed by atoms with Crippen LogP contribution in [0.4, 0.5) is 16.2 Å². The van der Waals surface area contributed by atoms with Crippen molar-refractivity contribution < 1.29 is 19.2 Å². The summed E-state index contributed by atoms with van der Waals surface area (Å²) in [4.78, 5) is 47.8. The van der Waals surface area contributed by atoms with E-state index >= 15 is 0 Å². The van der Waals surface area contributed by atoms with E-state index in [0.29, 0.717) is 16.9 Å². The highest BCUT2D eigenvalue weighted by molar-refractivity contribution is 6.05. The fourth-order valence-electron chi connectivity index (χ4n) is 2.64. The lowest BCUT2D eigenvalue weighted by molar-refractivity contribution is -0.125. The molecule has 2 aromatic carbocycles. The number of carbonyl (C=O) groups is 4. The zero-order valence-electron chi connectivity index (χ0n) is 14.6. The maximum Gasteiger partial charge on any atom is 0.324 e. The molecule has 1 heterocycles. The van der Waals surface area contributed by atoms with Crippen LogP contribution in [-0.2, 0) is 16.1 Å². The van der Waals surface area contributed by atoms with Crippen LogP contribution >= 0.6 is 0 Å². The molecule has 0 saturated carbocycles. The van der Waals surface area contributed by atoms with Gasteiger partial charge in [0.05, 0.1) is 13.1 Å². The third kappa shape index (κ3) is 4.49. The topological polar surface area (TPSA) is 108 Å². The van der Waals surface area contributed by atoms with Crippen LogP contribution in [0.15, 0.2) is 48.5 Å². The molecule has 0 atom stereocenters. The van der Waals surface area contributed by atoms with Gasteiger partial charge < -0.3 is 16.0 Å². The molecule has 1 aliphatic rings. The van der Waals surface area contributed by atoms with Gasteiger partial charge >= 0.3 is 6.03 Å². The van der Waals surface area contributed by atoms with E-state index in [9.17, 15) is 19.2 Å². The largest absolute Gasteiger partial charge is 0.329 e. The van der Waals surface area contributed by atoms with Gasteiger partial charge in [0.15, 0.2) is 0 Å². The maximum absolute atomic E-state index is 12.4. The van der Waals surface area contributed by atoms with E-state index < -0.39 is 6.03 Å². The zero-order valence-corrected chi connectivity index (χ0v) is 14.6. The van der Waals surface area contributed by atoms with Gasteiger partial charge in [-0.25, -0.2) is 4.79 Å². The number of imide groups is 1. The van der Waals surface area contributed by atoms with Crippen LogP contribution in [0, 0.1) is 0 Å². The number of hydrogen-bond acceptors (Lipinski definition) is 4. The SMILES string of the molecule is CC(=O)Nc1cccc(NC(=O)c2ccc(CN3C(=O)CNC3=O)cc2)c1. The molecular formula is C19H18N4O4. The van der Waals surface area contributed by atoms with Crippen molar-refractivity contribution in [3.05, 3.63) is 59.7 Å². The Morgan fingerprint density at radius 3 is 2.30 bits per heavy atom. The summed E-state index contributed by atoms with van der Waals surface area (Å²) < 4.78 is 0. The molecule has 27 heavy (non-hydrogen) atoms. The molecule has 3 rings (SSSR count). The Balaban J connectivity index is 1.65. The van der Waals surface area contributed by atoms with Crippen molar-refractivity contribution >= 4 is 35.1 Å². The highest BCUT2D eigenvalue weighted by atomic mass is 16.2. The number of nitrogens with zero attached hydrogens (tertiary/aromatic N) is 1. The van der Waals surface area contributed by atoms with Gasteiger partial charge in [-0.1, -0.05) is 18.2 Å². The number of carbonyl (C=O) groups excluding carboxylic acids is 4. The second-order valence-corrected chi connectivity index (χ2v) is 6.05. The van der Waals surface area contributed by atoms with E-state index in [2.05, 4.69) is 16.0 Å². The maximum atomic E-state index is 12.4. The molecule has 2 aromatic rings. The summed E-state index contributed by atoms with van der Waals surface area (Å²) in [5, 5.41) is 7.87. The average Bonchev–Trinajstić information content (AvgIpc) is 2.94. The molecule has 1 saturated heterocycles. The lowest BCUT2D eigenvalue weighted by Gasteiger charge is -2.12. The minimum atomic E-state index is -0.416. The Bertz CT molecular complexity index is 892. The first-order valence-corrected chi connectivity index (χ1v) is 8.28. The zero-order chi connectivity index (χ0) is 19.4. The number of amides is 5. The van der Waals surface area contributed by atoms with Crippen molar-refractivity contribution in [3.63, 3.8) is 0 Å². The van der Waals surface area contributed by atoms with Gasteiger partial charge in [0.1, 0.15) is 0 Å². The monoisotopic (exact) mass is 366 g/mol. The third-order valence-corrected chi connectivity index (χ3v) is 3.93. The van der Waals surface area contributed by atoms with Gasteiger partial charge in [-0.2, -0.15) is 0 Å². The van der Waals surface area contributed by atoms with Gasteiger partial charge in [-0.05, 0) is 35.9 Å². The highest BCUT2D eigenvalue weighted by Gasteiger charge is 2.28. The average molecular weight is 366 g/mol. The molecular weight excluding hydrogens is 348 g/mol. The number of nitrogens with one attached hydrogen (secondary N) is 3. The second kappa shape index (κ2) is 7.69. The summed E-state index contributed by atoms with van der Waals surface area (Å²) in [5.74, 6) is -0.781. The molecule has 1 fully saturated rings. The normalized spacial score (nSPS) is 13.3. The van der Waals surface area contributed by atoms with Crippen molar-refractivity contribution in [2.45, 2.75) is 13.5 Å². The van der Waals surface area contributed by atoms with Gasteiger partial charge in [0.2, 0.25) is 11.8 Å². The van der Waals surface area contributed by atoms with Crippen molar-refractivity contribution in [2.24, 2.45) is 0 Å². The number of anilines is 2. The standard InChI is InChI=1S/C19H18N4O4/c1-12(24)21-15-3-2-4-16(9-15)22-18(26)14-7-5-13(6-8-14)11-23-17(25)10-20-19(23)27/h2-9H,10-11H2,1H3,(H,20,27)(H,21,24)(H,22,26). The predicted octanol–water partition coefficient (Wildman–Crippen LogP) is 1.95. The molecule has 5 amide bonds. The molecule has 8 heteroatoms. The second-order valence-electron chi connectivity index (χ2n) is 6.05. The van der Waals surface area contributed by atoms with E-state index in [0.717, 1.165) is 10.5 Å². The van der Waals surface area contributed by atoms with E-state index in [1.807, 2.05) is 0 Å². The minimum Gasteiger partial charge on any atom is -0.329 e. The summed E-state index contributed by atoms with van der Waals surface area (Å²) in [6.45, 7) is 1.58. The van der Waals surface area contributed by atoms with Crippen LogP contribution in [0.5, 0.6) is 0 Å². The van der Waals surface area contributed by atoms with Crippen molar-refractivity contribution in [1.29, 1.82) is 0 Å². The van der Waals surface area contributed by atoms with Crippen LogP contribution < -0.4 is 16.0 Å². The van der Waals surface area contributed by atoms with E-state index in [1.165, 1.54) is 6.92 Å². The fraction of sp³-hybridized carbons (Fsp3) is 0.158. The first-order valence-electron chi connectivity index (χ1n) is 8.28. The van der Waals surface area contributed by atoms with Crippen molar-refractivity contribution in [3.8, 4) is 0 Å². The Morgan fingerprint density at radius 2 is 1.70 bits per heavy atom. The van der Waals surface area contributed by atoms with Crippen LogP contribution in [-0.4, -0.2) is 35.2 Å². The first-order chi connectivity index (χ1) is 12.9. The van der Waals surface area contributed by atoms with Crippen molar-refractivity contribution in [2.75, 3.05) is 17.2 Å². The molecule has 0 radical (unpaired) electrons. The Labute approximate surface area is 155 Å².